The number of carbonyl (C=O) groups is 1. The second kappa shape index (κ2) is 9.23. The minimum Gasteiger partial charge on any atom is -0.493 e. The maximum absolute atomic E-state index is 12.5. The summed E-state index contributed by atoms with van der Waals surface area (Å²) in [4.78, 5) is 12.5. The number of halogens is 4. The molecule has 0 spiro atoms. The molecular formula is C19H15BrClF2N3O3. The van der Waals surface area contributed by atoms with Crippen molar-refractivity contribution in [2.75, 3.05) is 12.4 Å². The van der Waals surface area contributed by atoms with Crippen molar-refractivity contribution in [1.82, 2.24) is 9.78 Å². The van der Waals surface area contributed by atoms with Crippen molar-refractivity contribution in [2.45, 2.75) is 13.2 Å². The molecule has 1 aromatic heterocycles. The second-order valence-corrected chi connectivity index (χ2v) is 7.14. The van der Waals surface area contributed by atoms with Crippen LogP contribution in [0.5, 0.6) is 11.5 Å². The Kier molecular flexibility index (Phi) is 6.71. The first-order valence-corrected chi connectivity index (χ1v) is 9.44. The van der Waals surface area contributed by atoms with E-state index in [2.05, 4.69) is 31.1 Å². The van der Waals surface area contributed by atoms with Crippen molar-refractivity contribution in [3.63, 3.8) is 0 Å². The van der Waals surface area contributed by atoms with Crippen molar-refractivity contribution >= 4 is 39.3 Å². The highest BCUT2D eigenvalue weighted by atomic mass is 79.9. The zero-order valence-corrected chi connectivity index (χ0v) is 17.4. The molecule has 1 N–H and O–H groups in total. The predicted molar refractivity (Wildman–Crippen MR) is 108 cm³/mol. The summed E-state index contributed by atoms with van der Waals surface area (Å²) in [5, 5.41) is 7.65. The molecule has 0 atom stereocenters. The van der Waals surface area contributed by atoms with Crippen LogP contribution < -0.4 is 14.8 Å². The van der Waals surface area contributed by atoms with Crippen LogP contribution in [0.15, 0.2) is 53.1 Å². The van der Waals surface area contributed by atoms with E-state index in [4.69, 9.17) is 16.3 Å². The van der Waals surface area contributed by atoms with Gasteiger partial charge in [-0.3, -0.25) is 9.48 Å². The van der Waals surface area contributed by atoms with Crippen LogP contribution in [0.1, 0.15) is 15.9 Å². The molecule has 0 aliphatic rings. The number of benzene rings is 2. The highest BCUT2D eigenvalue weighted by Gasteiger charge is 2.16. The number of aromatic nitrogens is 2. The summed E-state index contributed by atoms with van der Waals surface area (Å²) in [6, 6.07) is 11.2. The molecule has 3 rings (SSSR count). The average molecular weight is 487 g/mol. The van der Waals surface area contributed by atoms with Crippen LogP contribution in [0, 0.1) is 0 Å². The lowest BCUT2D eigenvalue weighted by atomic mass is 10.2. The number of amides is 1. The lowest BCUT2D eigenvalue weighted by Gasteiger charge is -2.11. The van der Waals surface area contributed by atoms with Gasteiger partial charge in [0.1, 0.15) is 0 Å². The number of carbonyl (C=O) groups excluding carboxylic acids is 1. The Morgan fingerprint density at radius 2 is 1.97 bits per heavy atom. The van der Waals surface area contributed by atoms with Crippen molar-refractivity contribution in [1.29, 1.82) is 0 Å². The maximum Gasteiger partial charge on any atom is 0.387 e. The summed E-state index contributed by atoms with van der Waals surface area (Å²) in [5.74, 6) is -0.307. The SMILES string of the molecule is COc1cc(C(=O)Nc2nn(Cc3ccc(Cl)cc3)cc2Br)ccc1OC(F)F. The molecule has 2 aromatic carbocycles. The Balaban J connectivity index is 1.73. The van der Waals surface area contributed by atoms with E-state index >= 15 is 0 Å². The monoisotopic (exact) mass is 485 g/mol. The molecule has 0 saturated carbocycles. The number of ether oxygens (including phenoxy) is 2. The number of nitrogens with zero attached hydrogens (tertiary/aromatic N) is 2. The normalized spacial score (nSPS) is 10.8. The standard InChI is InChI=1S/C19H15BrClF2N3O3/c1-28-16-8-12(4-7-15(16)29-19(22)23)18(27)24-17-14(20)10-26(25-17)9-11-2-5-13(21)6-3-11/h2-8,10,19H,9H2,1H3,(H,24,25,27). The average Bonchev–Trinajstić information content (AvgIpc) is 3.02. The van der Waals surface area contributed by atoms with Gasteiger partial charge in [0.25, 0.3) is 5.91 Å². The molecule has 0 radical (unpaired) electrons. The van der Waals surface area contributed by atoms with Crippen LogP contribution in [0.4, 0.5) is 14.6 Å². The van der Waals surface area contributed by atoms with Gasteiger partial charge in [0.15, 0.2) is 17.3 Å². The largest absolute Gasteiger partial charge is 0.493 e. The minimum atomic E-state index is -3.00. The van der Waals surface area contributed by atoms with Gasteiger partial charge in [0.05, 0.1) is 18.1 Å². The molecule has 1 amide bonds. The Hall–Kier alpha value is -2.65. The summed E-state index contributed by atoms with van der Waals surface area (Å²) in [6.07, 6.45) is 1.73. The van der Waals surface area contributed by atoms with E-state index in [-0.39, 0.29) is 17.1 Å². The van der Waals surface area contributed by atoms with Crippen LogP contribution in [0.3, 0.4) is 0 Å². The number of alkyl halides is 2. The maximum atomic E-state index is 12.5. The molecule has 1 heterocycles. The van der Waals surface area contributed by atoms with E-state index in [9.17, 15) is 13.6 Å². The Bertz CT molecular complexity index is 1010. The van der Waals surface area contributed by atoms with Gasteiger partial charge in [-0.2, -0.15) is 13.9 Å². The predicted octanol–water partition coefficient (Wildman–Crippen LogP) is 5.21. The van der Waals surface area contributed by atoms with Gasteiger partial charge in [-0.1, -0.05) is 23.7 Å². The Labute approximate surface area is 178 Å². The smallest absolute Gasteiger partial charge is 0.387 e. The summed E-state index contributed by atoms with van der Waals surface area (Å²) < 4.78 is 36.5. The number of nitrogens with one attached hydrogen (secondary N) is 1. The molecule has 0 unspecified atom stereocenters. The van der Waals surface area contributed by atoms with Gasteiger partial charge in [0.2, 0.25) is 0 Å². The van der Waals surface area contributed by atoms with Gasteiger partial charge in [0, 0.05) is 16.8 Å². The van der Waals surface area contributed by atoms with Crippen LogP contribution in [0.2, 0.25) is 5.02 Å². The van der Waals surface area contributed by atoms with E-state index < -0.39 is 12.5 Å². The fourth-order valence-corrected chi connectivity index (χ4v) is 3.06. The first-order chi connectivity index (χ1) is 13.9. The van der Waals surface area contributed by atoms with Gasteiger partial charge in [-0.05, 0) is 51.8 Å². The van der Waals surface area contributed by atoms with Gasteiger partial charge >= 0.3 is 6.61 Å². The van der Waals surface area contributed by atoms with Crippen molar-refractivity contribution in [2.24, 2.45) is 0 Å². The van der Waals surface area contributed by atoms with E-state index in [0.29, 0.717) is 21.9 Å². The number of hydrogen-bond acceptors (Lipinski definition) is 4. The summed E-state index contributed by atoms with van der Waals surface area (Å²) in [6.45, 7) is -2.51. The van der Waals surface area contributed by atoms with Crippen LogP contribution in [-0.2, 0) is 6.54 Å². The molecule has 10 heteroatoms. The number of rotatable bonds is 7. The lowest BCUT2D eigenvalue weighted by molar-refractivity contribution is -0.0512. The van der Waals surface area contributed by atoms with Crippen LogP contribution >= 0.6 is 27.5 Å². The van der Waals surface area contributed by atoms with Gasteiger partial charge < -0.3 is 14.8 Å². The fraction of sp³-hybridized carbons (Fsp3) is 0.158. The third kappa shape index (κ3) is 5.45. The van der Waals surface area contributed by atoms with Crippen molar-refractivity contribution in [3.8, 4) is 11.5 Å². The lowest BCUT2D eigenvalue weighted by Crippen LogP contribution is -2.14. The topological polar surface area (TPSA) is 65.4 Å². The second-order valence-electron chi connectivity index (χ2n) is 5.85. The van der Waals surface area contributed by atoms with Gasteiger partial charge in [-0.15, -0.1) is 0 Å². The summed E-state index contributed by atoms with van der Waals surface area (Å²) >= 11 is 9.25. The fourth-order valence-electron chi connectivity index (χ4n) is 2.52. The molecule has 0 aliphatic heterocycles. The zero-order valence-electron chi connectivity index (χ0n) is 15.0. The minimum absolute atomic E-state index is 0.0188. The number of methoxy groups -OCH3 is 1. The number of anilines is 1. The van der Waals surface area contributed by atoms with Crippen LogP contribution in [0.25, 0.3) is 0 Å². The first kappa shape index (κ1) is 21.1. The van der Waals surface area contributed by atoms with E-state index in [1.165, 1.54) is 25.3 Å². The highest BCUT2D eigenvalue weighted by molar-refractivity contribution is 9.10. The summed E-state index contributed by atoms with van der Waals surface area (Å²) in [5.41, 5.74) is 1.18. The quantitative estimate of drug-likeness (QED) is 0.498. The zero-order chi connectivity index (χ0) is 21.0. The van der Waals surface area contributed by atoms with Crippen molar-refractivity contribution < 1.29 is 23.0 Å². The molecule has 152 valence electrons. The van der Waals surface area contributed by atoms with E-state index in [1.54, 1.807) is 23.0 Å². The molecule has 6 nitrogen and oxygen atoms in total. The molecule has 3 aromatic rings. The molecule has 0 aliphatic carbocycles. The third-order valence-electron chi connectivity index (χ3n) is 3.85. The third-order valence-corrected chi connectivity index (χ3v) is 4.68. The highest BCUT2D eigenvalue weighted by Crippen LogP contribution is 2.30. The molecule has 0 fully saturated rings. The summed E-state index contributed by atoms with van der Waals surface area (Å²) in [7, 11) is 1.30. The number of hydrogen-bond donors (Lipinski definition) is 1. The molecular weight excluding hydrogens is 472 g/mol. The Morgan fingerprint density at radius 3 is 2.62 bits per heavy atom. The van der Waals surface area contributed by atoms with Crippen molar-refractivity contribution in [3.05, 3.63) is 69.3 Å². The van der Waals surface area contributed by atoms with E-state index in [0.717, 1.165) is 5.56 Å². The molecule has 29 heavy (non-hydrogen) atoms. The van der Waals surface area contributed by atoms with E-state index in [1.807, 2.05) is 12.1 Å². The molecule has 0 bridgehead atoms. The van der Waals surface area contributed by atoms with Gasteiger partial charge in [-0.25, -0.2) is 0 Å². The first-order valence-electron chi connectivity index (χ1n) is 8.27. The van der Waals surface area contributed by atoms with Crippen LogP contribution in [-0.4, -0.2) is 29.4 Å². The Morgan fingerprint density at radius 1 is 1.24 bits per heavy atom. The molecule has 0 saturated heterocycles.